The van der Waals surface area contributed by atoms with Gasteiger partial charge in [0.1, 0.15) is 0 Å². The molecule has 0 N–H and O–H groups in total. The number of anilines is 2. The number of amides is 1. The van der Waals surface area contributed by atoms with E-state index in [0.717, 1.165) is 42.4 Å². The van der Waals surface area contributed by atoms with Crippen molar-refractivity contribution in [2.24, 2.45) is 0 Å². The third-order valence-corrected chi connectivity index (χ3v) is 5.89. The van der Waals surface area contributed by atoms with Gasteiger partial charge in [0.2, 0.25) is 0 Å². The van der Waals surface area contributed by atoms with Gasteiger partial charge in [-0.15, -0.1) is 10.2 Å². The van der Waals surface area contributed by atoms with E-state index >= 15 is 0 Å². The molecule has 1 amide bonds. The molecule has 28 heavy (non-hydrogen) atoms. The molecule has 4 rings (SSSR count). The molecule has 0 saturated carbocycles. The highest BCUT2D eigenvalue weighted by Gasteiger charge is 2.24. The molecule has 148 valence electrons. The fraction of sp³-hybridized carbons (Fsp3) is 0.500. The largest absolute Gasteiger partial charge is 0.352 e. The maximum Gasteiger partial charge on any atom is 0.253 e. The molecule has 2 aliphatic heterocycles. The van der Waals surface area contributed by atoms with Crippen LogP contribution in [0.4, 0.5) is 11.6 Å². The highest BCUT2D eigenvalue weighted by Crippen LogP contribution is 2.24. The zero-order valence-corrected chi connectivity index (χ0v) is 16.8. The molecule has 0 radical (unpaired) electrons. The number of hydrogen-bond donors (Lipinski definition) is 0. The molecular formula is C22H29N5O. The van der Waals surface area contributed by atoms with E-state index in [4.69, 9.17) is 0 Å². The van der Waals surface area contributed by atoms with Crippen LogP contribution in [0.3, 0.4) is 0 Å². The Bertz CT molecular complexity index is 814. The monoisotopic (exact) mass is 379 g/mol. The molecule has 2 aromatic rings. The van der Waals surface area contributed by atoms with E-state index in [1.54, 1.807) is 0 Å². The molecule has 1 aromatic heterocycles. The van der Waals surface area contributed by atoms with Gasteiger partial charge >= 0.3 is 0 Å². The van der Waals surface area contributed by atoms with Gasteiger partial charge in [-0.25, -0.2) is 0 Å². The van der Waals surface area contributed by atoms with Crippen molar-refractivity contribution in [2.75, 3.05) is 42.5 Å². The third kappa shape index (κ3) is 3.96. The molecule has 2 fully saturated rings. The summed E-state index contributed by atoms with van der Waals surface area (Å²) in [5.41, 5.74) is 1.89. The summed E-state index contributed by atoms with van der Waals surface area (Å²) >= 11 is 0. The van der Waals surface area contributed by atoms with Crippen molar-refractivity contribution in [3.8, 4) is 0 Å². The van der Waals surface area contributed by atoms with E-state index in [1.807, 2.05) is 36.1 Å². The van der Waals surface area contributed by atoms with E-state index < -0.39 is 0 Å². The molecule has 3 heterocycles. The van der Waals surface area contributed by atoms with Crippen LogP contribution >= 0.6 is 0 Å². The molecule has 0 aliphatic carbocycles. The van der Waals surface area contributed by atoms with Crippen molar-refractivity contribution in [3.63, 3.8) is 0 Å². The summed E-state index contributed by atoms with van der Waals surface area (Å²) in [5.74, 6) is 1.99. The summed E-state index contributed by atoms with van der Waals surface area (Å²) < 4.78 is 0. The Morgan fingerprint density at radius 3 is 2.39 bits per heavy atom. The zero-order valence-electron chi connectivity index (χ0n) is 16.8. The van der Waals surface area contributed by atoms with Crippen molar-refractivity contribution in [1.29, 1.82) is 0 Å². The van der Waals surface area contributed by atoms with Crippen LogP contribution < -0.4 is 9.80 Å². The second-order valence-corrected chi connectivity index (χ2v) is 7.94. The number of piperidine rings is 1. The maximum absolute atomic E-state index is 12.7. The van der Waals surface area contributed by atoms with E-state index in [-0.39, 0.29) is 5.91 Å². The minimum atomic E-state index is 0.115. The molecule has 6 heteroatoms. The fourth-order valence-electron chi connectivity index (χ4n) is 4.18. The fourth-order valence-corrected chi connectivity index (χ4v) is 4.18. The molecule has 0 bridgehead atoms. The van der Waals surface area contributed by atoms with E-state index in [0.29, 0.717) is 19.1 Å². The Kier molecular flexibility index (Phi) is 5.46. The van der Waals surface area contributed by atoms with Crippen molar-refractivity contribution < 1.29 is 4.79 Å². The average Bonchev–Trinajstić information content (AvgIpc) is 2.74. The predicted octanol–water partition coefficient (Wildman–Crippen LogP) is 3.13. The summed E-state index contributed by atoms with van der Waals surface area (Å²) in [6.45, 7) is 8.33. The summed E-state index contributed by atoms with van der Waals surface area (Å²) in [7, 11) is 0. The SMILES string of the molecule is Cc1cccc(C(=O)N2CCN(c3ccc(N4CCCCC4C)nn3)CC2)c1. The van der Waals surface area contributed by atoms with Gasteiger partial charge in [0.25, 0.3) is 5.91 Å². The van der Waals surface area contributed by atoms with Gasteiger partial charge in [-0.1, -0.05) is 17.7 Å². The first kappa shape index (κ1) is 18.7. The van der Waals surface area contributed by atoms with Crippen LogP contribution in [0.1, 0.15) is 42.1 Å². The van der Waals surface area contributed by atoms with Crippen molar-refractivity contribution in [1.82, 2.24) is 15.1 Å². The van der Waals surface area contributed by atoms with Gasteiger partial charge in [-0.3, -0.25) is 4.79 Å². The molecule has 0 spiro atoms. The highest BCUT2D eigenvalue weighted by molar-refractivity contribution is 5.94. The lowest BCUT2D eigenvalue weighted by Gasteiger charge is -2.36. The van der Waals surface area contributed by atoms with Crippen LogP contribution in [0, 0.1) is 6.92 Å². The van der Waals surface area contributed by atoms with Gasteiger partial charge in [0.05, 0.1) is 0 Å². The first-order valence-electron chi connectivity index (χ1n) is 10.3. The van der Waals surface area contributed by atoms with Crippen LogP contribution in [0.2, 0.25) is 0 Å². The lowest BCUT2D eigenvalue weighted by molar-refractivity contribution is 0.0746. The van der Waals surface area contributed by atoms with Crippen LogP contribution in [-0.2, 0) is 0 Å². The quantitative estimate of drug-likeness (QED) is 0.820. The standard InChI is InChI=1S/C22H29N5O/c1-17-6-5-8-19(16-17)22(28)26-14-12-25(13-15-26)20-9-10-21(24-23-20)27-11-4-3-7-18(27)2/h5-6,8-10,16,18H,3-4,7,11-15H2,1-2H3. The molecule has 6 nitrogen and oxygen atoms in total. The van der Waals surface area contributed by atoms with E-state index in [2.05, 4.69) is 39.1 Å². The second-order valence-electron chi connectivity index (χ2n) is 7.94. The first-order chi connectivity index (χ1) is 13.6. The minimum Gasteiger partial charge on any atom is -0.352 e. The molecule has 1 aromatic carbocycles. The summed E-state index contributed by atoms with van der Waals surface area (Å²) in [4.78, 5) is 19.2. The molecular weight excluding hydrogens is 350 g/mol. The highest BCUT2D eigenvalue weighted by atomic mass is 16.2. The van der Waals surface area contributed by atoms with Gasteiger partial charge < -0.3 is 14.7 Å². The zero-order chi connectivity index (χ0) is 19.5. The number of aryl methyl sites for hydroxylation is 1. The van der Waals surface area contributed by atoms with Gasteiger partial charge in [-0.05, 0) is 57.4 Å². The average molecular weight is 380 g/mol. The van der Waals surface area contributed by atoms with Crippen molar-refractivity contribution in [3.05, 3.63) is 47.5 Å². The predicted molar refractivity (Wildman–Crippen MR) is 112 cm³/mol. The number of piperazine rings is 1. The Labute approximate surface area is 167 Å². The van der Waals surface area contributed by atoms with Gasteiger partial charge in [0, 0.05) is 44.3 Å². The lowest BCUT2D eigenvalue weighted by Crippen LogP contribution is -2.49. The van der Waals surface area contributed by atoms with Gasteiger partial charge in [0.15, 0.2) is 11.6 Å². The molecule has 1 atom stereocenters. The van der Waals surface area contributed by atoms with Crippen LogP contribution in [-0.4, -0.2) is 59.8 Å². The third-order valence-electron chi connectivity index (χ3n) is 5.89. The minimum absolute atomic E-state index is 0.115. The topological polar surface area (TPSA) is 52.6 Å². The maximum atomic E-state index is 12.7. The lowest BCUT2D eigenvalue weighted by atomic mass is 10.0. The number of rotatable bonds is 3. The van der Waals surface area contributed by atoms with Gasteiger partial charge in [-0.2, -0.15) is 0 Å². The number of benzene rings is 1. The summed E-state index contributed by atoms with van der Waals surface area (Å²) in [6.07, 6.45) is 3.75. The second kappa shape index (κ2) is 8.17. The molecule has 2 saturated heterocycles. The number of hydrogen-bond acceptors (Lipinski definition) is 5. The van der Waals surface area contributed by atoms with Crippen LogP contribution in [0.15, 0.2) is 36.4 Å². The first-order valence-corrected chi connectivity index (χ1v) is 10.3. The molecule has 1 unspecified atom stereocenters. The Morgan fingerprint density at radius 2 is 1.71 bits per heavy atom. The van der Waals surface area contributed by atoms with Crippen molar-refractivity contribution >= 4 is 17.5 Å². The number of carbonyl (C=O) groups is 1. The van der Waals surface area contributed by atoms with Crippen LogP contribution in [0.25, 0.3) is 0 Å². The Morgan fingerprint density at radius 1 is 0.964 bits per heavy atom. The Hall–Kier alpha value is -2.63. The van der Waals surface area contributed by atoms with E-state index in [9.17, 15) is 4.79 Å². The summed E-state index contributed by atoms with van der Waals surface area (Å²) in [6, 6.07) is 12.5. The molecule has 2 aliphatic rings. The number of nitrogens with zero attached hydrogens (tertiary/aromatic N) is 5. The normalized spacial score (nSPS) is 20.4. The number of carbonyl (C=O) groups excluding carboxylic acids is 1. The van der Waals surface area contributed by atoms with Crippen molar-refractivity contribution in [2.45, 2.75) is 39.2 Å². The smallest absolute Gasteiger partial charge is 0.253 e. The number of aromatic nitrogens is 2. The summed E-state index contributed by atoms with van der Waals surface area (Å²) in [5, 5.41) is 8.98. The Balaban J connectivity index is 1.36. The van der Waals surface area contributed by atoms with E-state index in [1.165, 1.54) is 19.3 Å². The van der Waals surface area contributed by atoms with Crippen LogP contribution in [0.5, 0.6) is 0 Å².